The monoisotopic (exact) mass is 428 g/mol. The first-order valence-corrected chi connectivity index (χ1v) is 12.0. The molecule has 0 amide bonds. The zero-order chi connectivity index (χ0) is 23.5. The molecular formula is C30H40N2. The van der Waals surface area contributed by atoms with E-state index in [9.17, 15) is 0 Å². The lowest BCUT2D eigenvalue weighted by atomic mass is 9.70. The van der Waals surface area contributed by atoms with Gasteiger partial charge in [-0.05, 0) is 63.4 Å². The van der Waals surface area contributed by atoms with Gasteiger partial charge in [0.2, 0.25) is 0 Å². The summed E-state index contributed by atoms with van der Waals surface area (Å²) in [6.45, 7) is 21.8. The maximum Gasteiger partial charge on any atom is 0.0502 e. The first-order valence-electron chi connectivity index (χ1n) is 12.0. The Hall–Kier alpha value is -2.48. The highest BCUT2D eigenvalue weighted by Gasteiger charge is 2.38. The van der Waals surface area contributed by atoms with Crippen LogP contribution >= 0.6 is 0 Å². The van der Waals surface area contributed by atoms with Crippen molar-refractivity contribution in [1.29, 1.82) is 0 Å². The Morgan fingerprint density at radius 2 is 1.34 bits per heavy atom. The molecule has 4 rings (SSSR count). The van der Waals surface area contributed by atoms with Gasteiger partial charge in [0.05, 0.1) is 11.4 Å². The number of nitrogens with zero attached hydrogens (tertiary/aromatic N) is 1. The molecule has 2 heterocycles. The molecule has 0 saturated carbocycles. The van der Waals surface area contributed by atoms with Gasteiger partial charge in [0.25, 0.3) is 0 Å². The van der Waals surface area contributed by atoms with Crippen molar-refractivity contribution in [3.8, 4) is 0 Å². The van der Waals surface area contributed by atoms with E-state index in [2.05, 4.69) is 127 Å². The minimum atomic E-state index is -0.0808. The smallest absolute Gasteiger partial charge is 0.0502 e. The molecule has 2 aromatic carbocycles. The number of hydrogen-bond donors (Lipinski definition) is 1. The molecule has 0 bridgehead atoms. The third-order valence-electron chi connectivity index (χ3n) is 7.08. The van der Waals surface area contributed by atoms with E-state index in [1.807, 2.05) is 0 Å². The molecule has 0 saturated heterocycles. The highest BCUT2D eigenvalue weighted by molar-refractivity contribution is 5.82. The standard InChI is InChI=1S/C30H40N2/c1-20-16-23(14-15-31-19-20)32-26-12-10-21(28(2,3)4)17-24(26)30(8,9)25-18-22(29(5,6)7)11-13-27(25)32/h10-18,20,31H,19H2,1-9H3. The molecule has 170 valence electrons. The largest absolute Gasteiger partial charge is 0.390 e. The third kappa shape index (κ3) is 3.89. The van der Waals surface area contributed by atoms with E-state index >= 15 is 0 Å². The molecule has 1 N–H and O–H groups in total. The molecule has 2 aliphatic heterocycles. The quantitative estimate of drug-likeness (QED) is 0.501. The Balaban J connectivity index is 2.02. The van der Waals surface area contributed by atoms with Crippen molar-refractivity contribution in [2.45, 2.75) is 78.6 Å². The Morgan fingerprint density at radius 3 is 1.81 bits per heavy atom. The average molecular weight is 429 g/mol. The minimum absolute atomic E-state index is 0.0808. The fourth-order valence-electron chi connectivity index (χ4n) is 4.90. The molecule has 2 nitrogen and oxygen atoms in total. The fourth-order valence-corrected chi connectivity index (χ4v) is 4.90. The van der Waals surface area contributed by atoms with Gasteiger partial charge in [0.15, 0.2) is 0 Å². The summed E-state index contributed by atoms with van der Waals surface area (Å²) in [6.07, 6.45) is 6.73. The molecule has 0 aromatic heterocycles. The lowest BCUT2D eigenvalue weighted by Gasteiger charge is -2.44. The maximum atomic E-state index is 3.43. The fraction of sp³-hybridized carbons (Fsp3) is 0.467. The second-order valence-electron chi connectivity index (χ2n) is 12.2. The van der Waals surface area contributed by atoms with Gasteiger partial charge in [-0.3, -0.25) is 0 Å². The van der Waals surface area contributed by atoms with Gasteiger partial charge >= 0.3 is 0 Å². The zero-order valence-corrected chi connectivity index (χ0v) is 21.4. The number of nitrogens with one attached hydrogen (secondary N) is 1. The highest BCUT2D eigenvalue weighted by atomic mass is 15.2. The number of hydrogen-bond acceptors (Lipinski definition) is 2. The van der Waals surface area contributed by atoms with E-state index in [1.54, 1.807) is 0 Å². The molecule has 2 heteroatoms. The number of anilines is 2. The van der Waals surface area contributed by atoms with E-state index in [4.69, 9.17) is 0 Å². The van der Waals surface area contributed by atoms with Crippen molar-refractivity contribution < 1.29 is 0 Å². The van der Waals surface area contributed by atoms with E-state index in [-0.39, 0.29) is 16.2 Å². The average Bonchev–Trinajstić information content (AvgIpc) is 2.90. The molecule has 0 aliphatic carbocycles. The van der Waals surface area contributed by atoms with E-state index < -0.39 is 0 Å². The predicted molar refractivity (Wildman–Crippen MR) is 139 cm³/mol. The summed E-state index contributed by atoms with van der Waals surface area (Å²) in [6, 6.07) is 14.2. The molecule has 0 fully saturated rings. The number of benzene rings is 2. The summed E-state index contributed by atoms with van der Waals surface area (Å²) < 4.78 is 0. The van der Waals surface area contributed by atoms with Gasteiger partial charge in [0, 0.05) is 17.7 Å². The van der Waals surface area contributed by atoms with Crippen LogP contribution in [0, 0.1) is 5.92 Å². The van der Waals surface area contributed by atoms with E-state index in [1.165, 1.54) is 39.3 Å². The van der Waals surface area contributed by atoms with Crippen LogP contribution < -0.4 is 10.2 Å². The van der Waals surface area contributed by atoms with Crippen molar-refractivity contribution in [3.63, 3.8) is 0 Å². The molecule has 1 atom stereocenters. The van der Waals surface area contributed by atoms with Crippen LogP contribution in [0.1, 0.15) is 84.6 Å². The topological polar surface area (TPSA) is 15.3 Å². The van der Waals surface area contributed by atoms with Crippen LogP contribution in [-0.2, 0) is 16.2 Å². The highest BCUT2D eigenvalue weighted by Crippen LogP contribution is 2.52. The summed E-state index contributed by atoms with van der Waals surface area (Å²) in [4.78, 5) is 2.48. The first kappa shape index (κ1) is 22.7. The summed E-state index contributed by atoms with van der Waals surface area (Å²) in [5.74, 6) is 0.463. The van der Waals surface area contributed by atoms with Gasteiger partial charge in [-0.15, -0.1) is 0 Å². The van der Waals surface area contributed by atoms with Crippen molar-refractivity contribution >= 4 is 11.4 Å². The second-order valence-corrected chi connectivity index (χ2v) is 12.2. The number of allylic oxidation sites excluding steroid dienone is 1. The van der Waals surface area contributed by atoms with Crippen LogP contribution in [0.4, 0.5) is 11.4 Å². The summed E-state index contributed by atoms with van der Waals surface area (Å²) in [7, 11) is 0. The van der Waals surface area contributed by atoms with Crippen LogP contribution in [-0.4, -0.2) is 6.54 Å². The van der Waals surface area contributed by atoms with Crippen molar-refractivity contribution in [2.24, 2.45) is 5.92 Å². The molecule has 32 heavy (non-hydrogen) atoms. The summed E-state index contributed by atoms with van der Waals surface area (Å²) in [5.41, 5.74) is 9.57. The molecular weight excluding hydrogens is 388 g/mol. The van der Waals surface area contributed by atoms with E-state index in [0.717, 1.165) is 6.54 Å². The van der Waals surface area contributed by atoms with Crippen molar-refractivity contribution in [3.05, 3.63) is 82.7 Å². The second kappa shape index (κ2) is 7.54. The Morgan fingerprint density at radius 1 is 0.844 bits per heavy atom. The predicted octanol–water partition coefficient (Wildman–Crippen LogP) is 7.70. The van der Waals surface area contributed by atoms with Gasteiger partial charge in [0.1, 0.15) is 0 Å². The van der Waals surface area contributed by atoms with Gasteiger partial charge in [-0.1, -0.05) is 92.7 Å². The van der Waals surface area contributed by atoms with Crippen LogP contribution in [0.3, 0.4) is 0 Å². The Kier molecular flexibility index (Phi) is 5.35. The van der Waals surface area contributed by atoms with Crippen LogP contribution in [0.2, 0.25) is 0 Å². The normalized spacial score (nSPS) is 20.1. The third-order valence-corrected chi connectivity index (χ3v) is 7.08. The SMILES string of the molecule is CC1C=C(N2c3ccc(C(C)(C)C)cc3C(C)(C)c3cc(C(C)(C)C)ccc32)C=CNC1. The molecule has 2 aromatic rings. The number of fused-ring (bicyclic) bond motifs is 2. The molecule has 2 aliphatic rings. The summed E-state index contributed by atoms with van der Waals surface area (Å²) >= 11 is 0. The van der Waals surface area contributed by atoms with Gasteiger partial charge in [-0.2, -0.15) is 0 Å². The zero-order valence-electron chi connectivity index (χ0n) is 21.4. The van der Waals surface area contributed by atoms with Gasteiger partial charge < -0.3 is 10.2 Å². The maximum absolute atomic E-state index is 3.43. The summed E-state index contributed by atoms with van der Waals surface area (Å²) in [5, 5.41) is 3.43. The lowest BCUT2D eigenvalue weighted by molar-refractivity contribution is 0.573. The van der Waals surface area contributed by atoms with Crippen LogP contribution in [0.15, 0.2) is 60.4 Å². The van der Waals surface area contributed by atoms with E-state index in [0.29, 0.717) is 5.92 Å². The van der Waals surface area contributed by atoms with Crippen molar-refractivity contribution in [1.82, 2.24) is 5.32 Å². The molecule has 0 spiro atoms. The Bertz CT molecular complexity index is 1020. The first-order chi connectivity index (χ1) is 14.8. The van der Waals surface area contributed by atoms with Crippen LogP contribution in [0.25, 0.3) is 0 Å². The number of rotatable bonds is 1. The molecule has 0 radical (unpaired) electrons. The Labute approximate surface area is 195 Å². The molecule has 1 unspecified atom stereocenters. The van der Waals surface area contributed by atoms with Gasteiger partial charge in [-0.25, -0.2) is 0 Å². The van der Waals surface area contributed by atoms with Crippen LogP contribution in [0.5, 0.6) is 0 Å². The lowest BCUT2D eigenvalue weighted by Crippen LogP contribution is -2.33. The minimum Gasteiger partial charge on any atom is -0.390 e. The van der Waals surface area contributed by atoms with Crippen molar-refractivity contribution in [2.75, 3.05) is 11.4 Å².